The molecule has 5 heteroatoms. The molecule has 0 spiro atoms. The van der Waals surface area contributed by atoms with Crippen LogP contribution in [-0.4, -0.2) is 12.6 Å². The molecule has 3 rings (SSSR count). The topological polar surface area (TPSA) is 65.7 Å². The Kier molecular flexibility index (Phi) is 5.37. The highest BCUT2D eigenvalue weighted by Crippen LogP contribution is 2.22. The summed E-state index contributed by atoms with van der Waals surface area (Å²) in [7, 11) is 0. The van der Waals surface area contributed by atoms with Gasteiger partial charge < -0.3 is 13.9 Å². The Hall–Kier alpha value is -3.08. The molecule has 3 aromatic rings. The Morgan fingerprint density at radius 3 is 2.50 bits per heavy atom. The molecule has 1 aromatic heterocycles. The molecule has 2 aromatic carbocycles. The molecular formula is C21H20O5. The van der Waals surface area contributed by atoms with Crippen molar-refractivity contribution < 1.29 is 18.7 Å². The summed E-state index contributed by atoms with van der Waals surface area (Å²) in [6.45, 7) is 4.08. The van der Waals surface area contributed by atoms with Gasteiger partial charge in [-0.2, -0.15) is 0 Å². The van der Waals surface area contributed by atoms with Crippen LogP contribution in [0.3, 0.4) is 0 Å². The van der Waals surface area contributed by atoms with Gasteiger partial charge in [0.25, 0.3) is 0 Å². The van der Waals surface area contributed by atoms with Gasteiger partial charge in [-0.05, 0) is 54.3 Å². The van der Waals surface area contributed by atoms with Crippen molar-refractivity contribution in [3.05, 3.63) is 70.6 Å². The summed E-state index contributed by atoms with van der Waals surface area (Å²) in [5.74, 6) is 0.975. The largest absolute Gasteiger partial charge is 0.482 e. The Morgan fingerprint density at radius 2 is 1.77 bits per heavy atom. The van der Waals surface area contributed by atoms with Crippen LogP contribution in [-0.2, 0) is 4.79 Å². The predicted octanol–water partition coefficient (Wildman–Crippen LogP) is 4.29. The van der Waals surface area contributed by atoms with E-state index in [1.54, 1.807) is 36.4 Å². The van der Waals surface area contributed by atoms with E-state index < -0.39 is 11.6 Å². The first-order chi connectivity index (χ1) is 12.5. The number of carbonyl (C=O) groups excluding carboxylic acids is 1. The molecule has 0 fully saturated rings. The van der Waals surface area contributed by atoms with Gasteiger partial charge in [0.15, 0.2) is 6.61 Å². The molecule has 1 unspecified atom stereocenters. The lowest BCUT2D eigenvalue weighted by molar-refractivity contribution is -0.136. The van der Waals surface area contributed by atoms with Crippen molar-refractivity contribution in [2.75, 3.05) is 6.61 Å². The van der Waals surface area contributed by atoms with Crippen LogP contribution in [0.4, 0.5) is 0 Å². The molecule has 0 amide bonds. The van der Waals surface area contributed by atoms with E-state index in [0.29, 0.717) is 23.0 Å². The van der Waals surface area contributed by atoms with E-state index in [-0.39, 0.29) is 6.61 Å². The number of esters is 1. The lowest BCUT2D eigenvalue weighted by Crippen LogP contribution is -2.17. The molecule has 1 atom stereocenters. The fraction of sp³-hybridized carbons (Fsp3) is 0.238. The van der Waals surface area contributed by atoms with Gasteiger partial charge in [-0.3, -0.25) is 0 Å². The number of rotatable bonds is 6. The molecule has 1 heterocycles. The molecule has 0 N–H and O–H groups in total. The van der Waals surface area contributed by atoms with E-state index in [2.05, 4.69) is 13.8 Å². The van der Waals surface area contributed by atoms with E-state index in [4.69, 9.17) is 13.9 Å². The van der Waals surface area contributed by atoms with Gasteiger partial charge in [-0.25, -0.2) is 9.59 Å². The zero-order valence-corrected chi connectivity index (χ0v) is 14.7. The number of ether oxygens (including phenoxy) is 2. The van der Waals surface area contributed by atoms with E-state index in [0.717, 1.165) is 11.8 Å². The van der Waals surface area contributed by atoms with Gasteiger partial charge in [0.1, 0.15) is 17.1 Å². The first-order valence-corrected chi connectivity index (χ1v) is 8.52. The molecule has 134 valence electrons. The Balaban J connectivity index is 1.58. The Labute approximate surface area is 151 Å². The molecule has 0 saturated heterocycles. The zero-order valence-electron chi connectivity index (χ0n) is 14.7. The maximum Gasteiger partial charge on any atom is 0.349 e. The normalized spacial score (nSPS) is 11.9. The van der Waals surface area contributed by atoms with Crippen molar-refractivity contribution in [2.45, 2.75) is 26.2 Å². The van der Waals surface area contributed by atoms with E-state index in [1.165, 1.54) is 11.6 Å². The van der Waals surface area contributed by atoms with Gasteiger partial charge in [0.05, 0.1) is 0 Å². The molecular weight excluding hydrogens is 332 g/mol. The number of carbonyl (C=O) groups is 1. The second kappa shape index (κ2) is 7.87. The first kappa shape index (κ1) is 17.7. The number of fused-ring (bicyclic) bond motifs is 1. The van der Waals surface area contributed by atoms with E-state index >= 15 is 0 Å². The Bertz CT molecular complexity index is 956. The van der Waals surface area contributed by atoms with Crippen LogP contribution in [0, 0.1) is 0 Å². The van der Waals surface area contributed by atoms with Crippen molar-refractivity contribution in [2.24, 2.45) is 0 Å². The third-order valence-electron chi connectivity index (χ3n) is 4.24. The second-order valence-corrected chi connectivity index (χ2v) is 6.10. The highest BCUT2D eigenvalue weighted by molar-refractivity contribution is 5.78. The van der Waals surface area contributed by atoms with Gasteiger partial charge >= 0.3 is 11.6 Å². The van der Waals surface area contributed by atoms with Crippen LogP contribution in [0.1, 0.15) is 31.7 Å². The van der Waals surface area contributed by atoms with Crippen LogP contribution in [0.15, 0.2) is 63.8 Å². The minimum Gasteiger partial charge on any atom is -0.482 e. The van der Waals surface area contributed by atoms with Crippen LogP contribution >= 0.6 is 0 Å². The summed E-state index contributed by atoms with van der Waals surface area (Å²) in [6.07, 6.45) is 1.06. The van der Waals surface area contributed by atoms with Crippen LogP contribution in [0.25, 0.3) is 11.0 Å². The molecule has 0 bridgehead atoms. The van der Waals surface area contributed by atoms with Gasteiger partial charge in [0, 0.05) is 11.5 Å². The third kappa shape index (κ3) is 4.30. The fourth-order valence-corrected chi connectivity index (χ4v) is 2.54. The average Bonchev–Trinajstić information content (AvgIpc) is 2.66. The lowest BCUT2D eigenvalue weighted by atomic mass is 9.99. The number of hydrogen-bond acceptors (Lipinski definition) is 5. The monoisotopic (exact) mass is 352 g/mol. The van der Waals surface area contributed by atoms with Gasteiger partial charge in [0.2, 0.25) is 0 Å². The highest BCUT2D eigenvalue weighted by atomic mass is 16.6. The van der Waals surface area contributed by atoms with E-state index in [1.807, 2.05) is 12.1 Å². The summed E-state index contributed by atoms with van der Waals surface area (Å²) in [5.41, 5.74) is 1.27. The standard InChI is InChI=1S/C21H20O5/c1-3-14(2)15-4-7-17(8-5-15)25-21(23)13-24-18-9-10-19-16(12-18)6-11-20(22)26-19/h4-12,14H,3,13H2,1-2H3. The van der Waals surface area contributed by atoms with Gasteiger partial charge in [-0.15, -0.1) is 0 Å². The molecule has 0 aliphatic rings. The summed E-state index contributed by atoms with van der Waals surface area (Å²) in [6, 6.07) is 15.5. The third-order valence-corrected chi connectivity index (χ3v) is 4.24. The maximum atomic E-state index is 12.0. The molecule has 5 nitrogen and oxygen atoms in total. The summed E-state index contributed by atoms with van der Waals surface area (Å²) < 4.78 is 15.8. The van der Waals surface area contributed by atoms with Gasteiger partial charge in [-0.1, -0.05) is 26.0 Å². The first-order valence-electron chi connectivity index (χ1n) is 8.52. The summed E-state index contributed by atoms with van der Waals surface area (Å²) in [4.78, 5) is 23.1. The lowest BCUT2D eigenvalue weighted by Gasteiger charge is -2.10. The quantitative estimate of drug-likeness (QED) is 0.376. The number of hydrogen-bond donors (Lipinski definition) is 0. The molecule has 0 aliphatic carbocycles. The van der Waals surface area contributed by atoms with Crippen molar-refractivity contribution in [3.63, 3.8) is 0 Å². The van der Waals surface area contributed by atoms with Crippen molar-refractivity contribution in [3.8, 4) is 11.5 Å². The number of benzene rings is 2. The molecule has 26 heavy (non-hydrogen) atoms. The Morgan fingerprint density at radius 1 is 1.04 bits per heavy atom. The van der Waals surface area contributed by atoms with Crippen molar-refractivity contribution >= 4 is 16.9 Å². The molecule has 0 radical (unpaired) electrons. The molecule has 0 aliphatic heterocycles. The van der Waals surface area contributed by atoms with Crippen LogP contribution < -0.4 is 15.1 Å². The minimum absolute atomic E-state index is 0.213. The second-order valence-electron chi connectivity index (χ2n) is 6.10. The van der Waals surface area contributed by atoms with Crippen LogP contribution in [0.5, 0.6) is 11.5 Å². The SMILES string of the molecule is CCC(C)c1ccc(OC(=O)COc2ccc3oc(=O)ccc3c2)cc1. The van der Waals surface area contributed by atoms with E-state index in [9.17, 15) is 9.59 Å². The minimum atomic E-state index is -0.485. The summed E-state index contributed by atoms with van der Waals surface area (Å²) >= 11 is 0. The zero-order chi connectivity index (χ0) is 18.5. The smallest absolute Gasteiger partial charge is 0.349 e. The highest BCUT2D eigenvalue weighted by Gasteiger charge is 2.08. The molecule has 0 saturated carbocycles. The average molecular weight is 352 g/mol. The van der Waals surface area contributed by atoms with Crippen molar-refractivity contribution in [1.82, 2.24) is 0 Å². The van der Waals surface area contributed by atoms with Crippen molar-refractivity contribution in [1.29, 1.82) is 0 Å². The van der Waals surface area contributed by atoms with Crippen LogP contribution in [0.2, 0.25) is 0 Å². The predicted molar refractivity (Wildman–Crippen MR) is 98.8 cm³/mol. The maximum absolute atomic E-state index is 12.0. The fourth-order valence-electron chi connectivity index (χ4n) is 2.54. The summed E-state index contributed by atoms with van der Waals surface area (Å²) in [5, 5.41) is 0.719.